The number of ether oxygens (including phenoxy) is 2. The number of carbonyl (C=O) groups is 2. The van der Waals surface area contributed by atoms with E-state index >= 15 is 0 Å². The summed E-state index contributed by atoms with van der Waals surface area (Å²) in [6.07, 6.45) is 4.07. The average molecular weight is 425 g/mol. The number of amides is 2. The zero-order chi connectivity index (χ0) is 20.5. The lowest BCUT2D eigenvalue weighted by molar-refractivity contribution is -0.123. The van der Waals surface area contributed by atoms with Gasteiger partial charge in [-0.1, -0.05) is 0 Å². The molecule has 154 valence electrons. The number of aromatic nitrogens is 1. The maximum Gasteiger partial charge on any atom is 0.257 e. The van der Waals surface area contributed by atoms with Gasteiger partial charge >= 0.3 is 0 Å². The molecule has 1 unspecified atom stereocenters. The number of hydrogen-bond donors (Lipinski definition) is 2. The van der Waals surface area contributed by atoms with Crippen LogP contribution in [0.1, 0.15) is 45.4 Å². The van der Waals surface area contributed by atoms with Gasteiger partial charge in [0.25, 0.3) is 5.91 Å². The number of anilines is 1. The summed E-state index contributed by atoms with van der Waals surface area (Å²) in [7, 11) is 0. The van der Waals surface area contributed by atoms with Crippen LogP contribution in [0.15, 0.2) is 41.0 Å². The van der Waals surface area contributed by atoms with Gasteiger partial charge in [0, 0.05) is 10.4 Å². The first kappa shape index (κ1) is 18.7. The van der Waals surface area contributed by atoms with Crippen LogP contribution in [0.3, 0.4) is 0 Å². The first-order valence-electron chi connectivity index (χ1n) is 9.68. The van der Waals surface area contributed by atoms with Crippen LogP contribution in [0.4, 0.5) is 5.13 Å². The second kappa shape index (κ2) is 7.83. The highest BCUT2D eigenvalue weighted by atomic mass is 32.1. The van der Waals surface area contributed by atoms with Gasteiger partial charge < -0.3 is 19.2 Å². The maximum absolute atomic E-state index is 12.7. The van der Waals surface area contributed by atoms with Crippen LogP contribution in [-0.2, 0) is 17.8 Å². The summed E-state index contributed by atoms with van der Waals surface area (Å²) in [5.41, 5.74) is 1.21. The molecule has 9 heteroatoms. The van der Waals surface area contributed by atoms with E-state index in [0.717, 1.165) is 29.8 Å². The van der Waals surface area contributed by atoms with Crippen molar-refractivity contribution in [2.45, 2.75) is 31.7 Å². The zero-order valence-corrected chi connectivity index (χ0v) is 16.8. The monoisotopic (exact) mass is 425 g/mol. The normalized spacial score (nSPS) is 16.7. The summed E-state index contributed by atoms with van der Waals surface area (Å²) < 4.78 is 15.9. The molecule has 0 spiro atoms. The van der Waals surface area contributed by atoms with Gasteiger partial charge in [0.15, 0.2) is 16.6 Å². The van der Waals surface area contributed by atoms with Crippen LogP contribution in [0.2, 0.25) is 0 Å². The quantitative estimate of drug-likeness (QED) is 0.649. The largest absolute Gasteiger partial charge is 0.467 e. The molecule has 0 saturated carbocycles. The van der Waals surface area contributed by atoms with Gasteiger partial charge in [-0.3, -0.25) is 14.9 Å². The molecule has 2 aromatic heterocycles. The highest BCUT2D eigenvalue weighted by Gasteiger charge is 2.30. The summed E-state index contributed by atoms with van der Waals surface area (Å²) >= 11 is 1.42. The summed E-state index contributed by atoms with van der Waals surface area (Å²) in [6.45, 7) is 0.499. The predicted octanol–water partition coefficient (Wildman–Crippen LogP) is 3.45. The fourth-order valence-corrected chi connectivity index (χ4v) is 4.70. The number of benzene rings is 1. The first-order chi connectivity index (χ1) is 14.7. The van der Waals surface area contributed by atoms with Crippen molar-refractivity contribution >= 4 is 28.3 Å². The molecule has 1 aliphatic carbocycles. The van der Waals surface area contributed by atoms with Gasteiger partial charge in [-0.25, -0.2) is 4.98 Å². The molecule has 0 fully saturated rings. The van der Waals surface area contributed by atoms with E-state index in [-0.39, 0.29) is 24.5 Å². The molecule has 0 bridgehead atoms. The fraction of sp³-hybridized carbons (Fsp3) is 0.286. The molecule has 3 aromatic rings. The van der Waals surface area contributed by atoms with Crippen LogP contribution < -0.4 is 20.1 Å². The Morgan fingerprint density at radius 1 is 1.20 bits per heavy atom. The van der Waals surface area contributed by atoms with E-state index in [9.17, 15) is 9.59 Å². The molecule has 2 N–H and O–H groups in total. The number of nitrogens with zero attached hydrogens (tertiary/aromatic N) is 1. The second-order valence-electron chi connectivity index (χ2n) is 7.09. The third kappa shape index (κ3) is 3.63. The van der Waals surface area contributed by atoms with Crippen LogP contribution in [0.25, 0.3) is 0 Å². The molecule has 5 rings (SSSR count). The van der Waals surface area contributed by atoms with Crippen molar-refractivity contribution in [3.8, 4) is 11.5 Å². The molecular weight excluding hydrogens is 406 g/mol. The van der Waals surface area contributed by atoms with Gasteiger partial charge in [-0.15, -0.1) is 11.3 Å². The average Bonchev–Trinajstić information content (AvgIpc) is 3.51. The highest BCUT2D eigenvalue weighted by Crippen LogP contribution is 2.37. The number of fused-ring (bicyclic) bond motifs is 2. The molecule has 1 atom stereocenters. The fourth-order valence-electron chi connectivity index (χ4n) is 3.64. The number of nitrogens with one attached hydrogen (secondary N) is 2. The highest BCUT2D eigenvalue weighted by molar-refractivity contribution is 7.16. The zero-order valence-electron chi connectivity index (χ0n) is 16.0. The maximum atomic E-state index is 12.7. The standard InChI is InChI=1S/C21H19N3O5S/c25-19(12-6-7-15-16(9-12)29-11-28-15)24-21-23-18-14(4-1-5-17(18)30-21)20(26)22-10-13-3-2-8-27-13/h2-3,6-9,14H,1,4-5,10-11H2,(H,22,26)(H,23,24,25). The minimum atomic E-state index is -0.323. The Morgan fingerprint density at radius 3 is 2.97 bits per heavy atom. The van der Waals surface area contributed by atoms with Crippen LogP contribution in [0.5, 0.6) is 11.5 Å². The van der Waals surface area contributed by atoms with Gasteiger partial charge in [-0.2, -0.15) is 0 Å². The molecule has 1 aromatic carbocycles. The Bertz CT molecular complexity index is 1090. The minimum Gasteiger partial charge on any atom is -0.467 e. The summed E-state index contributed by atoms with van der Waals surface area (Å²) in [4.78, 5) is 31.0. The van der Waals surface area contributed by atoms with E-state index in [1.54, 1.807) is 30.5 Å². The predicted molar refractivity (Wildman–Crippen MR) is 109 cm³/mol. The molecule has 3 heterocycles. The van der Waals surface area contributed by atoms with E-state index in [4.69, 9.17) is 13.9 Å². The molecular formula is C21H19N3O5S. The summed E-state index contributed by atoms with van der Waals surface area (Å²) in [5.74, 6) is 1.20. The van der Waals surface area contributed by atoms with E-state index < -0.39 is 0 Å². The number of hydrogen-bond acceptors (Lipinski definition) is 7. The van der Waals surface area contributed by atoms with E-state index in [0.29, 0.717) is 34.5 Å². The van der Waals surface area contributed by atoms with Gasteiger partial charge in [0.2, 0.25) is 12.7 Å². The van der Waals surface area contributed by atoms with Gasteiger partial charge in [0.05, 0.1) is 24.4 Å². The number of carbonyl (C=O) groups excluding carboxylic acids is 2. The number of aryl methyl sites for hydroxylation is 1. The molecule has 2 aliphatic rings. The topological polar surface area (TPSA) is 103 Å². The Balaban J connectivity index is 1.29. The Labute approximate surface area is 176 Å². The molecule has 8 nitrogen and oxygen atoms in total. The van der Waals surface area contributed by atoms with Crippen molar-refractivity contribution in [3.63, 3.8) is 0 Å². The third-order valence-electron chi connectivity index (χ3n) is 5.14. The number of thiazole rings is 1. The van der Waals surface area contributed by atoms with Crippen LogP contribution >= 0.6 is 11.3 Å². The molecule has 0 saturated heterocycles. The van der Waals surface area contributed by atoms with Crippen LogP contribution in [-0.4, -0.2) is 23.6 Å². The lowest BCUT2D eigenvalue weighted by Crippen LogP contribution is -2.30. The van der Waals surface area contributed by atoms with Gasteiger partial charge in [0.1, 0.15) is 5.76 Å². The Kier molecular flexibility index (Phi) is 4.88. The third-order valence-corrected chi connectivity index (χ3v) is 6.19. The second-order valence-corrected chi connectivity index (χ2v) is 8.18. The molecule has 0 radical (unpaired) electrons. The number of rotatable bonds is 5. The lowest BCUT2D eigenvalue weighted by Gasteiger charge is -2.20. The Hall–Kier alpha value is -3.33. The smallest absolute Gasteiger partial charge is 0.257 e. The number of furan rings is 1. The molecule has 30 heavy (non-hydrogen) atoms. The van der Waals surface area contributed by atoms with Crippen molar-refractivity contribution in [1.29, 1.82) is 0 Å². The van der Waals surface area contributed by atoms with E-state index in [1.807, 2.05) is 6.07 Å². The molecule has 1 aliphatic heterocycles. The van der Waals surface area contributed by atoms with Gasteiger partial charge in [-0.05, 0) is 49.6 Å². The van der Waals surface area contributed by atoms with Crippen molar-refractivity contribution < 1.29 is 23.5 Å². The van der Waals surface area contributed by atoms with Crippen molar-refractivity contribution in [1.82, 2.24) is 10.3 Å². The van der Waals surface area contributed by atoms with Crippen molar-refractivity contribution in [3.05, 3.63) is 58.5 Å². The SMILES string of the molecule is O=C(Nc1nc2c(s1)CCCC2C(=O)NCc1ccco1)c1ccc2c(c1)OCO2. The lowest BCUT2D eigenvalue weighted by atomic mass is 9.90. The van der Waals surface area contributed by atoms with E-state index in [1.165, 1.54) is 11.3 Å². The summed E-state index contributed by atoms with van der Waals surface area (Å²) in [5, 5.41) is 6.25. The van der Waals surface area contributed by atoms with Crippen molar-refractivity contribution in [2.24, 2.45) is 0 Å². The minimum absolute atomic E-state index is 0.0775. The van der Waals surface area contributed by atoms with E-state index in [2.05, 4.69) is 15.6 Å². The first-order valence-corrected chi connectivity index (χ1v) is 10.5. The molecule has 2 amide bonds. The summed E-state index contributed by atoms with van der Waals surface area (Å²) in [6, 6.07) is 8.65. The van der Waals surface area contributed by atoms with Crippen molar-refractivity contribution in [2.75, 3.05) is 12.1 Å². The Morgan fingerprint density at radius 2 is 2.10 bits per heavy atom. The van der Waals surface area contributed by atoms with Crippen LogP contribution in [0, 0.1) is 0 Å².